The Morgan fingerprint density at radius 3 is 2.83 bits per heavy atom. The molecule has 0 bridgehead atoms. The van der Waals surface area contributed by atoms with Crippen LogP contribution in [0.1, 0.15) is 0 Å². The number of thioether (sulfide) groups is 1. The number of halogens is 1. The summed E-state index contributed by atoms with van der Waals surface area (Å²) in [5.74, 6) is -0.0411. The minimum Gasteiger partial charge on any atom is -0.506 e. The Morgan fingerprint density at radius 2 is 2.04 bits per heavy atom. The molecule has 1 aromatic heterocycles. The number of phenolic OH excluding ortho intramolecular Hbond substituents is 1. The molecule has 0 aliphatic rings. The lowest BCUT2D eigenvalue weighted by atomic mass is 10.2. The van der Waals surface area contributed by atoms with Crippen molar-refractivity contribution in [1.82, 2.24) is 4.98 Å². The molecule has 4 nitrogen and oxygen atoms in total. The molecule has 2 N–H and O–H groups in total. The fraction of sp³-hybridized carbons (Fsp3) is 0.0588. The van der Waals surface area contributed by atoms with Gasteiger partial charge in [0.2, 0.25) is 5.91 Å². The number of amides is 1. The lowest BCUT2D eigenvalue weighted by Gasteiger charge is -2.06. The molecule has 24 heavy (non-hydrogen) atoms. The molecule has 3 aromatic rings. The highest BCUT2D eigenvalue weighted by Gasteiger charge is 2.10. The van der Waals surface area contributed by atoms with Crippen LogP contribution < -0.4 is 5.32 Å². The van der Waals surface area contributed by atoms with Crippen molar-refractivity contribution < 1.29 is 9.90 Å². The van der Waals surface area contributed by atoms with Gasteiger partial charge >= 0.3 is 0 Å². The van der Waals surface area contributed by atoms with Crippen molar-refractivity contribution in [2.75, 3.05) is 11.1 Å². The first-order valence-corrected chi connectivity index (χ1v) is 9.28. The lowest BCUT2D eigenvalue weighted by molar-refractivity contribution is -0.113. The van der Waals surface area contributed by atoms with E-state index in [2.05, 4.69) is 10.3 Å². The number of thiazole rings is 1. The van der Waals surface area contributed by atoms with Crippen molar-refractivity contribution in [3.63, 3.8) is 0 Å². The molecule has 0 aliphatic carbocycles. The van der Waals surface area contributed by atoms with Gasteiger partial charge < -0.3 is 10.4 Å². The molecule has 7 heteroatoms. The molecule has 3 rings (SSSR count). The number of carbonyl (C=O) groups is 1. The number of aromatic nitrogens is 1. The van der Waals surface area contributed by atoms with Crippen LogP contribution in [0.4, 0.5) is 5.69 Å². The van der Waals surface area contributed by atoms with Crippen LogP contribution >= 0.6 is 34.7 Å². The van der Waals surface area contributed by atoms with Gasteiger partial charge in [-0.25, -0.2) is 4.98 Å². The molecule has 0 unspecified atom stereocenters. The highest BCUT2D eigenvalue weighted by molar-refractivity contribution is 8.01. The van der Waals surface area contributed by atoms with Crippen LogP contribution in [-0.4, -0.2) is 21.8 Å². The topological polar surface area (TPSA) is 62.2 Å². The minimum atomic E-state index is -0.228. The van der Waals surface area contributed by atoms with E-state index in [9.17, 15) is 9.90 Å². The predicted molar refractivity (Wildman–Crippen MR) is 100 cm³/mol. The van der Waals surface area contributed by atoms with Crippen molar-refractivity contribution in [1.29, 1.82) is 0 Å². The quantitative estimate of drug-likeness (QED) is 0.491. The van der Waals surface area contributed by atoms with Gasteiger partial charge in [0.15, 0.2) is 4.34 Å². The SMILES string of the molecule is O=C(CSc1nc(-c2ccccc2)cs1)Nc1cc(Cl)ccc1O. The largest absolute Gasteiger partial charge is 0.506 e. The van der Waals surface area contributed by atoms with Crippen molar-refractivity contribution in [3.05, 3.63) is 58.9 Å². The molecule has 1 amide bonds. The second-order valence-electron chi connectivity index (χ2n) is 4.86. The third kappa shape index (κ3) is 4.29. The van der Waals surface area contributed by atoms with Gasteiger partial charge in [0.05, 0.1) is 17.1 Å². The Bertz CT molecular complexity index is 853. The van der Waals surface area contributed by atoms with Crippen LogP contribution in [0.5, 0.6) is 5.75 Å². The van der Waals surface area contributed by atoms with E-state index in [0.717, 1.165) is 15.6 Å². The first-order chi connectivity index (χ1) is 11.6. The minimum absolute atomic E-state index is 0.0154. The van der Waals surface area contributed by atoms with Gasteiger partial charge in [-0.05, 0) is 18.2 Å². The molecular weight excluding hydrogens is 364 g/mol. The standard InChI is InChI=1S/C17H13ClN2O2S2/c18-12-6-7-15(21)13(8-12)19-16(22)10-24-17-20-14(9-23-17)11-4-2-1-3-5-11/h1-9,21H,10H2,(H,19,22). The normalized spacial score (nSPS) is 10.5. The fourth-order valence-corrected chi connectivity index (χ4v) is 3.79. The van der Waals surface area contributed by atoms with E-state index >= 15 is 0 Å². The number of hydrogen-bond acceptors (Lipinski definition) is 5. The van der Waals surface area contributed by atoms with Gasteiger partial charge in [-0.1, -0.05) is 53.7 Å². The summed E-state index contributed by atoms with van der Waals surface area (Å²) in [6, 6.07) is 14.4. The summed E-state index contributed by atoms with van der Waals surface area (Å²) in [5.41, 5.74) is 2.25. The number of anilines is 1. The molecule has 2 aromatic carbocycles. The number of benzene rings is 2. The molecule has 0 fully saturated rings. The summed E-state index contributed by atoms with van der Waals surface area (Å²) in [6.07, 6.45) is 0. The number of aromatic hydroxyl groups is 1. The summed E-state index contributed by atoms with van der Waals surface area (Å²) in [6.45, 7) is 0. The summed E-state index contributed by atoms with van der Waals surface area (Å²) < 4.78 is 0.819. The van der Waals surface area contributed by atoms with Crippen LogP contribution in [-0.2, 0) is 4.79 Å². The Hall–Kier alpha value is -2.02. The van der Waals surface area contributed by atoms with Gasteiger partial charge in [0.1, 0.15) is 5.75 Å². The average molecular weight is 377 g/mol. The van der Waals surface area contributed by atoms with Crippen molar-refractivity contribution >= 4 is 46.3 Å². The summed E-state index contributed by atoms with van der Waals surface area (Å²) >= 11 is 8.71. The Balaban J connectivity index is 1.59. The van der Waals surface area contributed by atoms with E-state index in [0.29, 0.717) is 10.7 Å². The summed E-state index contributed by atoms with van der Waals surface area (Å²) in [5, 5.41) is 14.8. The molecule has 0 atom stereocenters. The van der Waals surface area contributed by atoms with E-state index in [1.165, 1.54) is 35.2 Å². The zero-order valence-electron chi connectivity index (χ0n) is 12.4. The average Bonchev–Trinajstić information content (AvgIpc) is 3.06. The predicted octanol–water partition coefficient (Wildman–Crippen LogP) is 4.90. The van der Waals surface area contributed by atoms with Gasteiger partial charge in [-0.15, -0.1) is 11.3 Å². The van der Waals surface area contributed by atoms with Crippen LogP contribution in [0, 0.1) is 0 Å². The maximum Gasteiger partial charge on any atom is 0.234 e. The number of phenols is 1. The van der Waals surface area contributed by atoms with Gasteiger partial charge in [0.25, 0.3) is 0 Å². The Labute approximate surface area is 152 Å². The maximum absolute atomic E-state index is 12.0. The first kappa shape index (κ1) is 16.8. The number of carbonyl (C=O) groups excluding carboxylic acids is 1. The zero-order valence-corrected chi connectivity index (χ0v) is 14.8. The molecule has 122 valence electrons. The molecule has 0 radical (unpaired) electrons. The van der Waals surface area contributed by atoms with Crippen LogP contribution in [0.15, 0.2) is 58.3 Å². The van der Waals surface area contributed by atoms with E-state index < -0.39 is 0 Å². The number of nitrogens with zero attached hydrogens (tertiary/aromatic N) is 1. The van der Waals surface area contributed by atoms with E-state index in [1.54, 1.807) is 6.07 Å². The highest BCUT2D eigenvalue weighted by atomic mass is 35.5. The third-order valence-electron chi connectivity index (χ3n) is 3.11. The zero-order chi connectivity index (χ0) is 16.9. The van der Waals surface area contributed by atoms with E-state index in [-0.39, 0.29) is 17.4 Å². The second kappa shape index (κ2) is 7.70. The van der Waals surface area contributed by atoms with Crippen LogP contribution in [0.2, 0.25) is 5.02 Å². The summed E-state index contributed by atoms with van der Waals surface area (Å²) in [7, 11) is 0. The van der Waals surface area contributed by atoms with Gasteiger partial charge in [-0.2, -0.15) is 0 Å². The lowest BCUT2D eigenvalue weighted by Crippen LogP contribution is -2.14. The highest BCUT2D eigenvalue weighted by Crippen LogP contribution is 2.29. The van der Waals surface area contributed by atoms with Crippen molar-refractivity contribution in [2.24, 2.45) is 0 Å². The van der Waals surface area contributed by atoms with E-state index in [1.807, 2.05) is 35.7 Å². The van der Waals surface area contributed by atoms with Crippen LogP contribution in [0.3, 0.4) is 0 Å². The van der Waals surface area contributed by atoms with Gasteiger partial charge in [-0.3, -0.25) is 4.79 Å². The Kier molecular flexibility index (Phi) is 5.40. The van der Waals surface area contributed by atoms with Crippen LogP contribution in [0.25, 0.3) is 11.3 Å². The summed E-state index contributed by atoms with van der Waals surface area (Å²) in [4.78, 5) is 16.5. The maximum atomic E-state index is 12.0. The first-order valence-electron chi connectivity index (χ1n) is 7.04. The molecule has 0 spiro atoms. The smallest absolute Gasteiger partial charge is 0.234 e. The third-order valence-corrected chi connectivity index (χ3v) is 5.37. The number of hydrogen-bond donors (Lipinski definition) is 2. The monoisotopic (exact) mass is 376 g/mol. The molecule has 0 saturated carbocycles. The van der Waals surface area contributed by atoms with E-state index in [4.69, 9.17) is 11.6 Å². The van der Waals surface area contributed by atoms with Crippen molar-refractivity contribution in [2.45, 2.75) is 4.34 Å². The molecular formula is C17H13ClN2O2S2. The fourth-order valence-electron chi connectivity index (χ4n) is 1.99. The molecule has 1 heterocycles. The molecule has 0 aliphatic heterocycles. The number of rotatable bonds is 5. The Morgan fingerprint density at radius 1 is 1.25 bits per heavy atom. The molecule has 0 saturated heterocycles. The van der Waals surface area contributed by atoms with Crippen molar-refractivity contribution in [3.8, 4) is 17.0 Å². The number of nitrogens with one attached hydrogen (secondary N) is 1. The van der Waals surface area contributed by atoms with Gasteiger partial charge in [0, 0.05) is 16.0 Å². The second-order valence-corrected chi connectivity index (χ2v) is 7.38.